The second-order valence-corrected chi connectivity index (χ2v) is 7.06. The van der Waals surface area contributed by atoms with Crippen molar-refractivity contribution in [3.05, 3.63) is 70.7 Å². The van der Waals surface area contributed by atoms with E-state index in [1.807, 2.05) is 11.4 Å². The van der Waals surface area contributed by atoms with Crippen molar-refractivity contribution >= 4 is 17.3 Å². The van der Waals surface area contributed by atoms with Gasteiger partial charge in [0.25, 0.3) is 0 Å². The van der Waals surface area contributed by atoms with Crippen LogP contribution in [-0.2, 0) is 11.3 Å². The van der Waals surface area contributed by atoms with Crippen LogP contribution < -0.4 is 4.74 Å². The first-order valence-electron chi connectivity index (χ1n) is 8.43. The lowest BCUT2D eigenvalue weighted by atomic mass is 10.0. The number of thiazole rings is 1. The molecule has 26 heavy (non-hydrogen) atoms. The van der Waals surface area contributed by atoms with Crippen molar-refractivity contribution in [2.45, 2.75) is 26.4 Å². The number of hydrogen-bond donors (Lipinski definition) is 0. The van der Waals surface area contributed by atoms with E-state index in [2.05, 4.69) is 43.1 Å². The molecule has 134 valence electrons. The molecule has 0 radical (unpaired) electrons. The van der Waals surface area contributed by atoms with Crippen LogP contribution in [0.15, 0.2) is 53.9 Å². The van der Waals surface area contributed by atoms with E-state index < -0.39 is 5.97 Å². The predicted molar refractivity (Wildman–Crippen MR) is 104 cm³/mol. The molecule has 0 bridgehead atoms. The van der Waals surface area contributed by atoms with Gasteiger partial charge in [-0.15, -0.1) is 11.3 Å². The number of carbonyl (C=O) groups is 1. The highest BCUT2D eigenvalue weighted by Crippen LogP contribution is 2.26. The van der Waals surface area contributed by atoms with E-state index in [-0.39, 0.29) is 6.61 Å². The SMILES string of the molecule is COc1ccccc1C(=O)OCc1csc(-c2ccc(C(C)C)cc2)n1. The van der Waals surface area contributed by atoms with Gasteiger partial charge in [-0.25, -0.2) is 9.78 Å². The lowest BCUT2D eigenvalue weighted by Crippen LogP contribution is -2.07. The fourth-order valence-electron chi connectivity index (χ4n) is 2.55. The number of ether oxygens (including phenoxy) is 2. The molecule has 0 fully saturated rings. The van der Waals surface area contributed by atoms with Crippen molar-refractivity contribution in [3.63, 3.8) is 0 Å². The summed E-state index contributed by atoms with van der Waals surface area (Å²) >= 11 is 1.54. The average molecular weight is 367 g/mol. The molecule has 3 rings (SSSR count). The topological polar surface area (TPSA) is 48.4 Å². The molecule has 0 saturated heterocycles. The predicted octanol–water partition coefficient (Wildman–Crippen LogP) is 5.30. The second-order valence-electron chi connectivity index (χ2n) is 6.20. The highest BCUT2D eigenvalue weighted by molar-refractivity contribution is 7.13. The van der Waals surface area contributed by atoms with Crippen molar-refractivity contribution in [2.75, 3.05) is 7.11 Å². The lowest BCUT2D eigenvalue weighted by Gasteiger charge is -2.07. The highest BCUT2D eigenvalue weighted by Gasteiger charge is 2.14. The number of methoxy groups -OCH3 is 1. The minimum atomic E-state index is -0.418. The number of nitrogens with zero attached hydrogens (tertiary/aromatic N) is 1. The standard InChI is InChI=1S/C21H21NO3S/c1-14(2)15-8-10-16(11-9-15)20-22-17(13-26-20)12-25-21(23)18-6-4-5-7-19(18)24-3/h4-11,13-14H,12H2,1-3H3. The van der Waals surface area contributed by atoms with Crippen LogP contribution in [0.25, 0.3) is 10.6 Å². The summed E-state index contributed by atoms with van der Waals surface area (Å²) in [6.45, 7) is 4.48. The summed E-state index contributed by atoms with van der Waals surface area (Å²) in [5.74, 6) is 0.588. The molecule has 4 nitrogen and oxygen atoms in total. The zero-order valence-electron chi connectivity index (χ0n) is 15.1. The first kappa shape index (κ1) is 18.1. The summed E-state index contributed by atoms with van der Waals surface area (Å²) in [4.78, 5) is 16.8. The van der Waals surface area contributed by atoms with Crippen LogP contribution in [0, 0.1) is 0 Å². The Morgan fingerprint density at radius 3 is 2.54 bits per heavy atom. The highest BCUT2D eigenvalue weighted by atomic mass is 32.1. The quantitative estimate of drug-likeness (QED) is 0.555. The van der Waals surface area contributed by atoms with Crippen molar-refractivity contribution in [3.8, 4) is 16.3 Å². The fourth-order valence-corrected chi connectivity index (χ4v) is 3.36. The van der Waals surface area contributed by atoms with Gasteiger partial charge in [0.05, 0.1) is 12.8 Å². The van der Waals surface area contributed by atoms with Gasteiger partial charge in [-0.3, -0.25) is 0 Å². The average Bonchev–Trinajstić information content (AvgIpc) is 3.15. The van der Waals surface area contributed by atoms with Gasteiger partial charge in [0.1, 0.15) is 22.9 Å². The van der Waals surface area contributed by atoms with Crippen LogP contribution in [0.4, 0.5) is 0 Å². The summed E-state index contributed by atoms with van der Waals surface area (Å²) in [6.07, 6.45) is 0. The molecule has 2 aromatic carbocycles. The number of benzene rings is 2. The van der Waals surface area contributed by atoms with Gasteiger partial charge in [0, 0.05) is 10.9 Å². The number of para-hydroxylation sites is 1. The maximum Gasteiger partial charge on any atom is 0.342 e. The van der Waals surface area contributed by atoms with Gasteiger partial charge in [-0.2, -0.15) is 0 Å². The Balaban J connectivity index is 1.66. The number of carbonyl (C=O) groups excluding carboxylic acids is 1. The van der Waals surface area contributed by atoms with Gasteiger partial charge in [0.15, 0.2) is 0 Å². The molecule has 3 aromatic rings. The second kappa shape index (κ2) is 8.15. The largest absolute Gasteiger partial charge is 0.496 e. The van der Waals surface area contributed by atoms with Crippen molar-refractivity contribution < 1.29 is 14.3 Å². The third-order valence-corrected chi connectivity index (χ3v) is 4.99. The molecule has 0 amide bonds. The summed E-state index contributed by atoms with van der Waals surface area (Å²) < 4.78 is 10.6. The summed E-state index contributed by atoms with van der Waals surface area (Å²) in [7, 11) is 1.53. The lowest BCUT2D eigenvalue weighted by molar-refractivity contribution is 0.0465. The van der Waals surface area contributed by atoms with Crippen LogP contribution in [0.3, 0.4) is 0 Å². The van der Waals surface area contributed by atoms with E-state index >= 15 is 0 Å². The van der Waals surface area contributed by atoms with Crippen LogP contribution in [0.2, 0.25) is 0 Å². The third kappa shape index (κ3) is 4.11. The molecule has 0 saturated carbocycles. The van der Waals surface area contributed by atoms with Crippen LogP contribution in [0.5, 0.6) is 5.75 Å². The molecule has 1 heterocycles. The maximum absolute atomic E-state index is 12.2. The number of esters is 1. The van der Waals surface area contributed by atoms with Crippen LogP contribution in [0.1, 0.15) is 41.4 Å². The normalized spacial score (nSPS) is 10.8. The molecule has 0 unspecified atom stereocenters. The zero-order valence-corrected chi connectivity index (χ0v) is 15.9. The number of aromatic nitrogens is 1. The first-order chi connectivity index (χ1) is 12.6. The minimum absolute atomic E-state index is 0.136. The molecule has 0 aliphatic carbocycles. The van der Waals surface area contributed by atoms with E-state index in [1.54, 1.807) is 29.5 Å². The van der Waals surface area contributed by atoms with Gasteiger partial charge in [-0.1, -0.05) is 50.2 Å². The minimum Gasteiger partial charge on any atom is -0.496 e. The van der Waals surface area contributed by atoms with Crippen molar-refractivity contribution in [1.29, 1.82) is 0 Å². The molecule has 0 aliphatic heterocycles. The van der Waals surface area contributed by atoms with Gasteiger partial charge < -0.3 is 9.47 Å². The fraction of sp³-hybridized carbons (Fsp3) is 0.238. The van der Waals surface area contributed by atoms with Crippen LogP contribution in [-0.4, -0.2) is 18.1 Å². The van der Waals surface area contributed by atoms with E-state index in [1.165, 1.54) is 12.7 Å². The van der Waals surface area contributed by atoms with E-state index in [0.717, 1.165) is 16.3 Å². The van der Waals surface area contributed by atoms with Crippen molar-refractivity contribution in [2.24, 2.45) is 0 Å². The molecule has 0 atom stereocenters. The Morgan fingerprint density at radius 2 is 1.85 bits per heavy atom. The molecule has 0 aliphatic rings. The molecule has 5 heteroatoms. The Kier molecular flexibility index (Phi) is 5.68. The summed E-state index contributed by atoms with van der Waals surface area (Å²) in [5.41, 5.74) is 3.52. The Hall–Kier alpha value is -2.66. The monoisotopic (exact) mass is 367 g/mol. The van der Waals surface area contributed by atoms with Gasteiger partial charge >= 0.3 is 5.97 Å². The van der Waals surface area contributed by atoms with E-state index in [4.69, 9.17) is 9.47 Å². The Labute approximate surface area is 157 Å². The molecule has 0 N–H and O–H groups in total. The van der Waals surface area contributed by atoms with Gasteiger partial charge in [-0.05, 0) is 23.6 Å². The van der Waals surface area contributed by atoms with E-state index in [9.17, 15) is 4.79 Å². The van der Waals surface area contributed by atoms with E-state index in [0.29, 0.717) is 17.2 Å². The maximum atomic E-state index is 12.2. The molecular weight excluding hydrogens is 346 g/mol. The van der Waals surface area contributed by atoms with Gasteiger partial charge in [0.2, 0.25) is 0 Å². The number of rotatable bonds is 6. The smallest absolute Gasteiger partial charge is 0.342 e. The molecular formula is C21H21NO3S. The zero-order chi connectivity index (χ0) is 18.5. The Bertz CT molecular complexity index is 884. The number of hydrogen-bond acceptors (Lipinski definition) is 5. The van der Waals surface area contributed by atoms with Crippen LogP contribution >= 0.6 is 11.3 Å². The van der Waals surface area contributed by atoms with Crippen molar-refractivity contribution in [1.82, 2.24) is 4.98 Å². The molecule has 1 aromatic heterocycles. The summed E-state index contributed by atoms with van der Waals surface area (Å²) in [6, 6.07) is 15.4. The third-order valence-electron chi connectivity index (χ3n) is 4.05. The Morgan fingerprint density at radius 1 is 1.12 bits per heavy atom. The first-order valence-corrected chi connectivity index (χ1v) is 9.31. The molecule has 0 spiro atoms. The summed E-state index contributed by atoms with van der Waals surface area (Å²) in [5, 5.41) is 2.84.